The van der Waals surface area contributed by atoms with Gasteiger partial charge < -0.3 is 5.73 Å². The molecule has 0 aliphatic rings. The molecule has 0 radical (unpaired) electrons. The highest BCUT2D eigenvalue weighted by Gasteiger charge is 2.10. The van der Waals surface area contributed by atoms with E-state index in [4.69, 9.17) is 28.9 Å². The summed E-state index contributed by atoms with van der Waals surface area (Å²) in [5.41, 5.74) is 7.18. The van der Waals surface area contributed by atoms with Crippen LogP contribution >= 0.6 is 23.2 Å². The Morgan fingerprint density at radius 1 is 0.950 bits per heavy atom. The highest BCUT2D eigenvalue weighted by Crippen LogP contribution is 2.28. The van der Waals surface area contributed by atoms with Crippen molar-refractivity contribution < 1.29 is 0 Å². The second-order valence-electron chi connectivity index (χ2n) is 5.54. The summed E-state index contributed by atoms with van der Waals surface area (Å²) in [4.78, 5) is 0. The van der Waals surface area contributed by atoms with E-state index in [1.807, 2.05) is 12.1 Å². The zero-order chi connectivity index (χ0) is 14.8. The third-order valence-corrected chi connectivity index (χ3v) is 4.31. The lowest BCUT2D eigenvalue weighted by atomic mass is 10.00. The summed E-state index contributed by atoms with van der Waals surface area (Å²) in [6.45, 7) is 2.25. The normalized spacial score (nSPS) is 12.6. The van der Waals surface area contributed by atoms with Gasteiger partial charge in [0, 0.05) is 16.1 Å². The number of benzene rings is 1. The van der Waals surface area contributed by atoms with Crippen molar-refractivity contribution in [2.24, 2.45) is 5.73 Å². The van der Waals surface area contributed by atoms with Gasteiger partial charge in [0.25, 0.3) is 0 Å². The fourth-order valence-electron chi connectivity index (χ4n) is 2.45. The Balaban J connectivity index is 2.17. The molecular formula is C17H27Cl2N. The van der Waals surface area contributed by atoms with Gasteiger partial charge in [-0.25, -0.2) is 0 Å². The fraction of sp³-hybridized carbons (Fsp3) is 0.647. The van der Waals surface area contributed by atoms with Crippen LogP contribution < -0.4 is 5.73 Å². The van der Waals surface area contributed by atoms with Gasteiger partial charge in [-0.1, -0.05) is 81.5 Å². The maximum absolute atomic E-state index is 6.20. The van der Waals surface area contributed by atoms with Crippen molar-refractivity contribution in [3.63, 3.8) is 0 Å². The van der Waals surface area contributed by atoms with Crippen LogP contribution in [0.5, 0.6) is 0 Å². The Morgan fingerprint density at radius 3 is 2.20 bits per heavy atom. The highest BCUT2D eigenvalue weighted by molar-refractivity contribution is 6.33. The third kappa shape index (κ3) is 6.97. The summed E-state index contributed by atoms with van der Waals surface area (Å²) < 4.78 is 0. The van der Waals surface area contributed by atoms with E-state index in [-0.39, 0.29) is 6.04 Å². The molecule has 1 nitrogen and oxygen atoms in total. The molecule has 1 aromatic carbocycles. The largest absolute Gasteiger partial charge is 0.324 e. The molecule has 114 valence electrons. The molecule has 1 unspecified atom stereocenters. The highest BCUT2D eigenvalue weighted by atomic mass is 35.5. The summed E-state index contributed by atoms with van der Waals surface area (Å²) in [5, 5.41) is 1.43. The molecular weight excluding hydrogens is 289 g/mol. The van der Waals surface area contributed by atoms with Gasteiger partial charge in [0.2, 0.25) is 0 Å². The average molecular weight is 316 g/mol. The Labute approximate surface area is 133 Å². The monoisotopic (exact) mass is 315 g/mol. The summed E-state index contributed by atoms with van der Waals surface area (Å²) in [6.07, 6.45) is 11.5. The maximum Gasteiger partial charge on any atom is 0.0454 e. The van der Waals surface area contributed by atoms with Crippen molar-refractivity contribution in [3.8, 4) is 0 Å². The Bertz CT molecular complexity index is 379. The number of nitrogens with two attached hydrogens (primary N) is 1. The lowest BCUT2D eigenvalue weighted by molar-refractivity contribution is 0.536. The van der Waals surface area contributed by atoms with E-state index in [9.17, 15) is 0 Å². The number of unbranched alkanes of at least 4 members (excludes halogenated alkanes) is 7. The van der Waals surface area contributed by atoms with Gasteiger partial charge in [0.1, 0.15) is 0 Å². The van der Waals surface area contributed by atoms with Crippen LogP contribution in [0.15, 0.2) is 18.2 Å². The summed E-state index contributed by atoms with van der Waals surface area (Å²) in [5.74, 6) is 0. The number of hydrogen-bond donors (Lipinski definition) is 1. The third-order valence-electron chi connectivity index (χ3n) is 3.73. The molecule has 1 rings (SSSR count). The first-order valence-electron chi connectivity index (χ1n) is 7.85. The SMILES string of the molecule is CCCCCCCCCCC(N)c1cc(Cl)ccc1Cl. The van der Waals surface area contributed by atoms with Crippen LogP contribution in [0.3, 0.4) is 0 Å². The molecule has 1 aromatic rings. The minimum absolute atomic E-state index is 0.00120. The predicted octanol–water partition coefficient (Wildman–Crippen LogP) is 6.52. The number of rotatable bonds is 10. The molecule has 1 atom stereocenters. The molecule has 3 heteroatoms. The first-order valence-corrected chi connectivity index (χ1v) is 8.61. The van der Waals surface area contributed by atoms with Gasteiger partial charge in [-0.15, -0.1) is 0 Å². The van der Waals surface area contributed by atoms with Gasteiger partial charge in [-0.3, -0.25) is 0 Å². The van der Waals surface area contributed by atoms with Gasteiger partial charge in [0.05, 0.1) is 0 Å². The van der Waals surface area contributed by atoms with E-state index >= 15 is 0 Å². The Morgan fingerprint density at radius 2 is 1.55 bits per heavy atom. The Kier molecular flexibility index (Phi) is 9.33. The average Bonchev–Trinajstić information content (AvgIpc) is 2.44. The predicted molar refractivity (Wildman–Crippen MR) is 90.6 cm³/mol. The van der Waals surface area contributed by atoms with E-state index in [0.717, 1.165) is 23.4 Å². The van der Waals surface area contributed by atoms with Crippen LogP contribution in [-0.2, 0) is 0 Å². The lowest BCUT2D eigenvalue weighted by Gasteiger charge is -2.14. The van der Waals surface area contributed by atoms with Gasteiger partial charge in [0.15, 0.2) is 0 Å². The molecule has 0 saturated heterocycles. The minimum atomic E-state index is 0.00120. The second kappa shape index (κ2) is 10.5. The quantitative estimate of drug-likeness (QED) is 0.488. The molecule has 0 bridgehead atoms. The van der Waals surface area contributed by atoms with Crippen LogP contribution in [0.4, 0.5) is 0 Å². The second-order valence-corrected chi connectivity index (χ2v) is 6.38. The van der Waals surface area contributed by atoms with E-state index in [1.165, 1.54) is 44.9 Å². The summed E-state index contributed by atoms with van der Waals surface area (Å²) >= 11 is 12.2. The molecule has 0 fully saturated rings. The molecule has 0 aliphatic carbocycles. The smallest absolute Gasteiger partial charge is 0.0454 e. The van der Waals surface area contributed by atoms with Crippen LogP contribution in [0.1, 0.15) is 76.3 Å². The van der Waals surface area contributed by atoms with E-state index < -0.39 is 0 Å². The molecule has 0 saturated carbocycles. The molecule has 2 N–H and O–H groups in total. The molecule has 20 heavy (non-hydrogen) atoms. The number of hydrogen-bond acceptors (Lipinski definition) is 1. The van der Waals surface area contributed by atoms with Gasteiger partial charge in [-0.2, -0.15) is 0 Å². The Hall–Kier alpha value is -0.240. The molecule has 0 spiro atoms. The zero-order valence-electron chi connectivity index (χ0n) is 12.5. The first kappa shape index (κ1) is 17.8. The van der Waals surface area contributed by atoms with Crippen molar-refractivity contribution in [3.05, 3.63) is 33.8 Å². The zero-order valence-corrected chi connectivity index (χ0v) is 14.0. The van der Waals surface area contributed by atoms with Gasteiger partial charge >= 0.3 is 0 Å². The van der Waals surface area contributed by atoms with E-state index in [1.54, 1.807) is 6.07 Å². The van der Waals surface area contributed by atoms with Crippen LogP contribution in [-0.4, -0.2) is 0 Å². The number of halogens is 2. The van der Waals surface area contributed by atoms with Crippen molar-refractivity contribution >= 4 is 23.2 Å². The van der Waals surface area contributed by atoms with Crippen LogP contribution in [0.2, 0.25) is 10.0 Å². The van der Waals surface area contributed by atoms with Crippen LogP contribution in [0.25, 0.3) is 0 Å². The van der Waals surface area contributed by atoms with E-state index in [2.05, 4.69) is 6.92 Å². The standard InChI is InChI=1S/C17H27Cl2N/c1-2-3-4-5-6-7-8-9-10-17(20)15-13-14(18)11-12-16(15)19/h11-13,17H,2-10,20H2,1H3. The van der Waals surface area contributed by atoms with Crippen molar-refractivity contribution in [2.45, 2.75) is 70.8 Å². The molecule has 0 amide bonds. The van der Waals surface area contributed by atoms with Crippen molar-refractivity contribution in [1.29, 1.82) is 0 Å². The van der Waals surface area contributed by atoms with Crippen LogP contribution in [0, 0.1) is 0 Å². The maximum atomic E-state index is 6.20. The van der Waals surface area contributed by atoms with Gasteiger partial charge in [-0.05, 0) is 30.2 Å². The van der Waals surface area contributed by atoms with E-state index in [0.29, 0.717) is 5.02 Å². The summed E-state index contributed by atoms with van der Waals surface area (Å²) in [7, 11) is 0. The first-order chi connectivity index (χ1) is 9.65. The lowest BCUT2D eigenvalue weighted by Crippen LogP contribution is -2.10. The topological polar surface area (TPSA) is 26.0 Å². The fourth-order valence-corrected chi connectivity index (χ4v) is 2.89. The summed E-state index contributed by atoms with van der Waals surface area (Å²) in [6, 6.07) is 5.52. The van der Waals surface area contributed by atoms with Crippen molar-refractivity contribution in [1.82, 2.24) is 0 Å². The molecule has 0 heterocycles. The molecule has 0 aromatic heterocycles. The van der Waals surface area contributed by atoms with Crippen molar-refractivity contribution in [2.75, 3.05) is 0 Å². The molecule has 0 aliphatic heterocycles. The minimum Gasteiger partial charge on any atom is -0.324 e.